The Balaban J connectivity index is 1.59. The number of fused-ring (bicyclic) bond motifs is 1. The van der Waals surface area contributed by atoms with Gasteiger partial charge >= 0.3 is 0 Å². The zero-order valence-corrected chi connectivity index (χ0v) is 19.3. The molecule has 5 rings (SSSR count). The third-order valence-electron chi connectivity index (χ3n) is 6.08. The summed E-state index contributed by atoms with van der Waals surface area (Å²) < 4.78 is 39.4. The van der Waals surface area contributed by atoms with Gasteiger partial charge in [0, 0.05) is 12.1 Å². The number of nitrogens with one attached hydrogen (secondary N) is 1. The van der Waals surface area contributed by atoms with Crippen LogP contribution < -0.4 is 5.32 Å². The molecular formula is C25H23FN4O3S. The van der Waals surface area contributed by atoms with Gasteiger partial charge in [0.1, 0.15) is 17.2 Å². The fraction of sp³-hybridized carbons (Fsp3) is 0.240. The summed E-state index contributed by atoms with van der Waals surface area (Å²) in [7, 11) is -3.11. The molecule has 1 amide bonds. The Morgan fingerprint density at radius 2 is 1.85 bits per heavy atom. The molecule has 174 valence electrons. The first kappa shape index (κ1) is 22.2. The zero-order chi connectivity index (χ0) is 23.9. The van der Waals surface area contributed by atoms with E-state index in [2.05, 4.69) is 15.3 Å². The van der Waals surface area contributed by atoms with Gasteiger partial charge in [-0.3, -0.25) is 4.79 Å². The van der Waals surface area contributed by atoms with Crippen LogP contribution >= 0.6 is 0 Å². The summed E-state index contributed by atoms with van der Waals surface area (Å²) >= 11 is 0. The number of rotatable bonds is 5. The minimum Gasteiger partial charge on any atom is -0.347 e. The van der Waals surface area contributed by atoms with Crippen molar-refractivity contribution in [2.75, 3.05) is 11.5 Å². The van der Waals surface area contributed by atoms with Gasteiger partial charge < -0.3 is 9.88 Å². The Kier molecular flexibility index (Phi) is 5.65. The van der Waals surface area contributed by atoms with Crippen LogP contribution in [-0.2, 0) is 16.4 Å². The highest BCUT2D eigenvalue weighted by Gasteiger charge is 2.32. The normalized spacial score (nSPS) is 17.2. The van der Waals surface area contributed by atoms with Crippen LogP contribution in [0.5, 0.6) is 0 Å². The highest BCUT2D eigenvalue weighted by atomic mass is 32.2. The molecule has 4 aromatic rings. The second-order valence-electron chi connectivity index (χ2n) is 8.48. The third kappa shape index (κ3) is 4.31. The van der Waals surface area contributed by atoms with E-state index in [9.17, 15) is 17.6 Å². The highest BCUT2D eigenvalue weighted by molar-refractivity contribution is 7.91. The largest absolute Gasteiger partial charge is 0.347 e. The number of aryl methyl sites for hydroxylation is 1. The number of hydrogen-bond donors (Lipinski definition) is 1. The van der Waals surface area contributed by atoms with Crippen LogP contribution in [0.25, 0.3) is 22.3 Å². The quantitative estimate of drug-likeness (QED) is 0.471. The van der Waals surface area contributed by atoms with Crippen LogP contribution in [0.15, 0.2) is 60.7 Å². The SMILES string of the molecule is Cc1nc2c(C(=O)NCc3ccc(F)cc3)nc(-c3ccccc3)cc2n1C1CCS(=O)(=O)C1. The molecule has 1 aliphatic heterocycles. The Morgan fingerprint density at radius 3 is 2.53 bits per heavy atom. The molecule has 0 bridgehead atoms. The van der Waals surface area contributed by atoms with Crippen LogP contribution in [0.1, 0.15) is 34.3 Å². The molecule has 0 radical (unpaired) electrons. The fourth-order valence-corrected chi connectivity index (χ4v) is 6.13. The van der Waals surface area contributed by atoms with Crippen molar-refractivity contribution in [1.82, 2.24) is 19.9 Å². The molecule has 34 heavy (non-hydrogen) atoms. The minimum absolute atomic E-state index is 0.0500. The molecule has 0 saturated carbocycles. The van der Waals surface area contributed by atoms with Gasteiger partial charge in [-0.05, 0) is 37.1 Å². The van der Waals surface area contributed by atoms with E-state index >= 15 is 0 Å². The lowest BCUT2D eigenvalue weighted by atomic mass is 10.1. The number of pyridine rings is 1. The summed E-state index contributed by atoms with van der Waals surface area (Å²) in [4.78, 5) is 22.5. The lowest BCUT2D eigenvalue weighted by Crippen LogP contribution is -2.24. The van der Waals surface area contributed by atoms with Crippen molar-refractivity contribution < 1.29 is 17.6 Å². The molecule has 1 N–H and O–H groups in total. The molecule has 1 aliphatic rings. The van der Waals surface area contributed by atoms with Crippen molar-refractivity contribution in [2.45, 2.75) is 25.9 Å². The number of nitrogens with zero attached hydrogens (tertiary/aromatic N) is 3. The van der Waals surface area contributed by atoms with Gasteiger partial charge in [0.25, 0.3) is 5.91 Å². The van der Waals surface area contributed by atoms with Gasteiger partial charge in [-0.2, -0.15) is 0 Å². The number of benzene rings is 2. The second-order valence-corrected chi connectivity index (χ2v) is 10.7. The summed E-state index contributed by atoms with van der Waals surface area (Å²) in [6.07, 6.45) is 0.504. The number of imidazole rings is 1. The Hall–Kier alpha value is -3.59. The number of sulfone groups is 1. The van der Waals surface area contributed by atoms with E-state index in [1.165, 1.54) is 12.1 Å². The summed E-state index contributed by atoms with van der Waals surface area (Å²) in [5, 5.41) is 2.85. The predicted molar refractivity (Wildman–Crippen MR) is 128 cm³/mol. The lowest BCUT2D eigenvalue weighted by Gasteiger charge is -2.15. The van der Waals surface area contributed by atoms with Crippen LogP contribution in [0.2, 0.25) is 0 Å². The van der Waals surface area contributed by atoms with E-state index in [1.54, 1.807) is 12.1 Å². The van der Waals surface area contributed by atoms with Gasteiger partial charge in [0.05, 0.1) is 28.8 Å². The maximum Gasteiger partial charge on any atom is 0.272 e. The maximum atomic E-state index is 13.2. The molecule has 9 heteroatoms. The van der Waals surface area contributed by atoms with Gasteiger partial charge in [-0.1, -0.05) is 42.5 Å². The summed E-state index contributed by atoms with van der Waals surface area (Å²) in [5.41, 5.74) is 3.46. The Bertz CT molecular complexity index is 1480. The van der Waals surface area contributed by atoms with Crippen molar-refractivity contribution in [3.05, 3.63) is 83.6 Å². The van der Waals surface area contributed by atoms with E-state index in [-0.39, 0.29) is 35.6 Å². The highest BCUT2D eigenvalue weighted by Crippen LogP contribution is 2.32. The molecule has 0 spiro atoms. The van der Waals surface area contributed by atoms with E-state index in [1.807, 2.05) is 47.9 Å². The first-order valence-electron chi connectivity index (χ1n) is 11.0. The van der Waals surface area contributed by atoms with E-state index in [4.69, 9.17) is 0 Å². The molecule has 3 heterocycles. The van der Waals surface area contributed by atoms with Crippen LogP contribution in [0.3, 0.4) is 0 Å². The van der Waals surface area contributed by atoms with Gasteiger partial charge in [0.15, 0.2) is 15.5 Å². The first-order chi connectivity index (χ1) is 16.3. The van der Waals surface area contributed by atoms with Crippen LogP contribution in [0.4, 0.5) is 4.39 Å². The van der Waals surface area contributed by atoms with Crippen LogP contribution in [0, 0.1) is 12.7 Å². The summed E-state index contributed by atoms with van der Waals surface area (Å²) in [5.74, 6) is 0.0729. The van der Waals surface area contributed by atoms with Gasteiger partial charge in [-0.15, -0.1) is 0 Å². The molecule has 1 atom stereocenters. The average molecular weight is 479 g/mol. The van der Waals surface area contributed by atoms with Crippen molar-refractivity contribution in [3.63, 3.8) is 0 Å². The number of hydrogen-bond acceptors (Lipinski definition) is 5. The standard InChI is InChI=1S/C25H23FN4O3S/c1-16-28-23-22(30(16)20-11-12-34(32,33)15-20)13-21(18-5-3-2-4-6-18)29-24(23)25(31)27-14-17-7-9-19(26)10-8-17/h2-10,13,20H,11-12,14-15H2,1H3,(H,27,31). The molecule has 7 nitrogen and oxygen atoms in total. The first-order valence-corrected chi connectivity index (χ1v) is 12.8. The summed E-state index contributed by atoms with van der Waals surface area (Å²) in [6.45, 7) is 2.02. The number of carbonyl (C=O) groups excluding carboxylic acids is 1. The molecule has 2 aromatic carbocycles. The molecular weight excluding hydrogens is 455 g/mol. The van der Waals surface area contributed by atoms with Crippen molar-refractivity contribution in [3.8, 4) is 11.3 Å². The Morgan fingerprint density at radius 1 is 1.12 bits per heavy atom. The number of amides is 1. The molecule has 1 unspecified atom stereocenters. The minimum atomic E-state index is -3.11. The molecule has 1 fully saturated rings. The van der Waals surface area contributed by atoms with Crippen LogP contribution in [-0.4, -0.2) is 40.4 Å². The Labute approximate surface area is 196 Å². The average Bonchev–Trinajstić information content (AvgIpc) is 3.35. The van der Waals surface area contributed by atoms with E-state index < -0.39 is 15.7 Å². The van der Waals surface area contributed by atoms with Crippen molar-refractivity contribution in [1.29, 1.82) is 0 Å². The lowest BCUT2D eigenvalue weighted by molar-refractivity contribution is 0.0947. The summed E-state index contributed by atoms with van der Waals surface area (Å²) in [6, 6.07) is 17.0. The predicted octanol–water partition coefficient (Wildman–Crippen LogP) is 3.84. The topological polar surface area (TPSA) is 93.9 Å². The van der Waals surface area contributed by atoms with Crippen molar-refractivity contribution >= 4 is 26.8 Å². The fourth-order valence-electron chi connectivity index (χ4n) is 4.43. The number of carbonyl (C=O) groups is 1. The molecule has 1 saturated heterocycles. The monoisotopic (exact) mass is 478 g/mol. The number of halogens is 1. The smallest absolute Gasteiger partial charge is 0.272 e. The maximum absolute atomic E-state index is 13.2. The molecule has 0 aliphatic carbocycles. The zero-order valence-electron chi connectivity index (χ0n) is 18.5. The van der Waals surface area contributed by atoms with E-state index in [0.717, 1.165) is 11.1 Å². The van der Waals surface area contributed by atoms with E-state index in [0.29, 0.717) is 29.0 Å². The van der Waals surface area contributed by atoms with Crippen molar-refractivity contribution in [2.24, 2.45) is 0 Å². The molecule has 2 aromatic heterocycles. The third-order valence-corrected chi connectivity index (χ3v) is 7.83. The van der Waals surface area contributed by atoms with Gasteiger partial charge in [0.2, 0.25) is 0 Å². The van der Waals surface area contributed by atoms with Gasteiger partial charge in [-0.25, -0.2) is 22.8 Å². The second kappa shape index (κ2) is 8.64. The number of aromatic nitrogens is 3.